The van der Waals surface area contributed by atoms with Gasteiger partial charge in [-0.2, -0.15) is 0 Å². The molecule has 17 heavy (non-hydrogen) atoms. The van der Waals surface area contributed by atoms with Crippen LogP contribution >= 0.6 is 0 Å². The first kappa shape index (κ1) is 11.9. The summed E-state index contributed by atoms with van der Waals surface area (Å²) >= 11 is 0. The van der Waals surface area contributed by atoms with Gasteiger partial charge in [0.1, 0.15) is 6.10 Å². The molecule has 0 bridgehead atoms. The molecular weight excluding hydrogens is 221 g/mol. The van der Waals surface area contributed by atoms with Crippen LogP contribution in [0.15, 0.2) is 18.2 Å². The molecule has 0 radical (unpaired) electrons. The summed E-state index contributed by atoms with van der Waals surface area (Å²) in [5.41, 5.74) is 5.98. The first-order chi connectivity index (χ1) is 8.29. The van der Waals surface area contributed by atoms with Crippen LogP contribution in [0, 0.1) is 17.7 Å². The quantitative estimate of drug-likeness (QED) is 0.786. The Balaban J connectivity index is 2.13. The van der Waals surface area contributed by atoms with Gasteiger partial charge < -0.3 is 15.2 Å². The highest BCUT2D eigenvalue weighted by Crippen LogP contribution is 2.22. The molecule has 2 rings (SSSR count). The van der Waals surface area contributed by atoms with Crippen molar-refractivity contribution in [3.8, 4) is 17.6 Å². The van der Waals surface area contributed by atoms with Crippen LogP contribution in [0.25, 0.3) is 0 Å². The van der Waals surface area contributed by atoms with Gasteiger partial charge in [0.25, 0.3) is 0 Å². The van der Waals surface area contributed by atoms with Crippen molar-refractivity contribution < 1.29 is 13.9 Å². The maximum Gasteiger partial charge on any atom is 0.165 e. The van der Waals surface area contributed by atoms with Crippen LogP contribution in [0.1, 0.15) is 12.0 Å². The molecule has 1 aliphatic heterocycles. The fraction of sp³-hybridized carbons (Fsp3) is 0.385. The Bertz CT molecular complexity index is 444. The van der Waals surface area contributed by atoms with Gasteiger partial charge in [0.05, 0.1) is 19.8 Å². The lowest BCUT2D eigenvalue weighted by molar-refractivity contribution is 0.138. The van der Waals surface area contributed by atoms with Crippen LogP contribution < -0.4 is 10.5 Å². The third-order valence-corrected chi connectivity index (χ3v) is 2.45. The summed E-state index contributed by atoms with van der Waals surface area (Å²) in [6.07, 6.45) is 0.722. The van der Waals surface area contributed by atoms with E-state index in [1.54, 1.807) is 12.1 Å². The summed E-state index contributed by atoms with van der Waals surface area (Å²) in [7, 11) is 0. The number of nitrogens with two attached hydrogens (primary N) is 1. The first-order valence-corrected chi connectivity index (χ1v) is 5.52. The second-order valence-electron chi connectivity index (χ2n) is 3.75. The van der Waals surface area contributed by atoms with Gasteiger partial charge in [-0.1, -0.05) is 11.8 Å². The number of ether oxygens (including phenoxy) is 2. The summed E-state index contributed by atoms with van der Waals surface area (Å²) < 4.78 is 24.2. The average Bonchev–Trinajstić information content (AvgIpc) is 2.83. The highest BCUT2D eigenvalue weighted by Gasteiger charge is 2.18. The molecule has 1 fully saturated rings. The van der Waals surface area contributed by atoms with Crippen molar-refractivity contribution in [2.24, 2.45) is 5.73 Å². The molecule has 90 valence electrons. The van der Waals surface area contributed by atoms with Crippen molar-refractivity contribution in [3.63, 3.8) is 0 Å². The van der Waals surface area contributed by atoms with Crippen LogP contribution in [0.2, 0.25) is 0 Å². The second kappa shape index (κ2) is 5.67. The molecule has 0 aromatic heterocycles. The van der Waals surface area contributed by atoms with Crippen LogP contribution in [0.3, 0.4) is 0 Å². The molecule has 1 heterocycles. The van der Waals surface area contributed by atoms with Gasteiger partial charge in [-0.3, -0.25) is 0 Å². The third-order valence-electron chi connectivity index (χ3n) is 2.45. The molecule has 1 unspecified atom stereocenters. The highest BCUT2D eigenvalue weighted by molar-refractivity contribution is 5.40. The van der Waals surface area contributed by atoms with Gasteiger partial charge in [-0.05, 0) is 18.2 Å². The molecule has 1 aromatic carbocycles. The fourth-order valence-electron chi connectivity index (χ4n) is 1.61. The van der Waals surface area contributed by atoms with E-state index in [-0.39, 0.29) is 24.2 Å². The Labute approximate surface area is 99.7 Å². The van der Waals surface area contributed by atoms with Crippen LogP contribution in [0.5, 0.6) is 5.75 Å². The predicted octanol–water partition coefficient (Wildman–Crippen LogP) is 1.30. The van der Waals surface area contributed by atoms with E-state index in [0.29, 0.717) is 18.8 Å². The van der Waals surface area contributed by atoms with Crippen molar-refractivity contribution in [1.29, 1.82) is 0 Å². The zero-order valence-corrected chi connectivity index (χ0v) is 9.41. The molecule has 0 spiro atoms. The van der Waals surface area contributed by atoms with Gasteiger partial charge in [-0.25, -0.2) is 4.39 Å². The van der Waals surface area contributed by atoms with Crippen molar-refractivity contribution in [2.45, 2.75) is 12.5 Å². The molecule has 1 aliphatic rings. The number of hydrogen-bond acceptors (Lipinski definition) is 3. The minimum atomic E-state index is -0.379. The molecule has 1 atom stereocenters. The maximum atomic E-state index is 13.5. The normalized spacial score (nSPS) is 18.6. The average molecular weight is 235 g/mol. The Kier molecular flexibility index (Phi) is 3.97. The van der Waals surface area contributed by atoms with Gasteiger partial charge in [0.2, 0.25) is 0 Å². The summed E-state index contributed by atoms with van der Waals surface area (Å²) in [5, 5.41) is 0. The SMILES string of the molecule is NCC#Cc1ccc(F)c(OC2CCOC2)c1. The Morgan fingerprint density at radius 3 is 3.12 bits per heavy atom. The van der Waals surface area contributed by atoms with E-state index in [1.165, 1.54) is 6.07 Å². The van der Waals surface area contributed by atoms with E-state index in [9.17, 15) is 4.39 Å². The van der Waals surface area contributed by atoms with Crippen molar-refractivity contribution in [2.75, 3.05) is 19.8 Å². The number of rotatable bonds is 2. The Morgan fingerprint density at radius 2 is 2.41 bits per heavy atom. The Hall–Kier alpha value is -1.57. The van der Waals surface area contributed by atoms with Gasteiger partial charge in [0.15, 0.2) is 11.6 Å². The highest BCUT2D eigenvalue weighted by atomic mass is 19.1. The van der Waals surface area contributed by atoms with Gasteiger partial charge in [0, 0.05) is 12.0 Å². The van der Waals surface area contributed by atoms with Crippen molar-refractivity contribution in [3.05, 3.63) is 29.6 Å². The van der Waals surface area contributed by atoms with E-state index in [2.05, 4.69) is 11.8 Å². The minimum absolute atomic E-state index is 0.0674. The smallest absolute Gasteiger partial charge is 0.165 e. The lowest BCUT2D eigenvalue weighted by Gasteiger charge is -2.12. The van der Waals surface area contributed by atoms with E-state index in [4.69, 9.17) is 15.2 Å². The van der Waals surface area contributed by atoms with Gasteiger partial charge >= 0.3 is 0 Å². The first-order valence-electron chi connectivity index (χ1n) is 5.52. The van der Waals surface area contributed by atoms with Gasteiger partial charge in [-0.15, -0.1) is 0 Å². The standard InChI is InChI=1S/C13H14FNO2/c14-12-4-3-10(2-1-6-15)8-13(12)17-11-5-7-16-9-11/h3-4,8,11H,5-7,9,15H2. The summed E-state index contributed by atoms with van der Waals surface area (Å²) in [6, 6.07) is 4.55. The van der Waals surface area contributed by atoms with Crippen LogP contribution in [-0.4, -0.2) is 25.9 Å². The lowest BCUT2D eigenvalue weighted by atomic mass is 10.2. The number of halogens is 1. The third kappa shape index (κ3) is 3.19. The molecule has 1 saturated heterocycles. The second-order valence-corrected chi connectivity index (χ2v) is 3.75. The van der Waals surface area contributed by atoms with Crippen LogP contribution in [-0.2, 0) is 4.74 Å². The summed E-state index contributed by atoms with van der Waals surface area (Å²) in [4.78, 5) is 0. The molecule has 4 heteroatoms. The zero-order chi connectivity index (χ0) is 12.1. The van der Waals surface area contributed by atoms with Crippen molar-refractivity contribution in [1.82, 2.24) is 0 Å². The van der Waals surface area contributed by atoms with E-state index in [1.807, 2.05) is 0 Å². The summed E-state index contributed by atoms with van der Waals surface area (Å²) in [5.74, 6) is 5.41. The Morgan fingerprint density at radius 1 is 1.53 bits per heavy atom. The molecular formula is C13H14FNO2. The van der Waals surface area contributed by atoms with Crippen molar-refractivity contribution >= 4 is 0 Å². The van der Waals surface area contributed by atoms with E-state index >= 15 is 0 Å². The molecule has 0 aliphatic carbocycles. The maximum absolute atomic E-state index is 13.5. The zero-order valence-electron chi connectivity index (χ0n) is 9.41. The molecule has 0 saturated carbocycles. The minimum Gasteiger partial charge on any atom is -0.485 e. The topological polar surface area (TPSA) is 44.5 Å². The largest absolute Gasteiger partial charge is 0.485 e. The van der Waals surface area contributed by atoms with E-state index < -0.39 is 0 Å². The predicted molar refractivity (Wildman–Crippen MR) is 62.2 cm³/mol. The monoisotopic (exact) mass is 235 g/mol. The summed E-state index contributed by atoms with van der Waals surface area (Å²) in [6.45, 7) is 1.46. The number of hydrogen-bond donors (Lipinski definition) is 1. The number of benzene rings is 1. The molecule has 2 N–H and O–H groups in total. The molecule has 1 aromatic rings. The molecule has 3 nitrogen and oxygen atoms in total. The van der Waals surface area contributed by atoms with E-state index in [0.717, 1.165) is 6.42 Å². The molecule has 0 amide bonds. The van der Waals surface area contributed by atoms with Crippen LogP contribution in [0.4, 0.5) is 4.39 Å². The fourth-order valence-corrected chi connectivity index (χ4v) is 1.61. The lowest BCUT2D eigenvalue weighted by Crippen LogP contribution is -2.16.